The summed E-state index contributed by atoms with van der Waals surface area (Å²) in [6, 6.07) is 5.39. The van der Waals surface area contributed by atoms with Gasteiger partial charge in [0.2, 0.25) is 5.75 Å². The van der Waals surface area contributed by atoms with Gasteiger partial charge in [0.05, 0.1) is 40.5 Å². The summed E-state index contributed by atoms with van der Waals surface area (Å²) in [5.74, 6) is 2.08. The average molecular weight is 387 g/mol. The quantitative estimate of drug-likeness (QED) is 0.641. The second-order valence-electron chi connectivity index (χ2n) is 7.27. The van der Waals surface area contributed by atoms with Crippen LogP contribution in [-0.4, -0.2) is 44.7 Å². The molecule has 0 aromatic heterocycles. The van der Waals surface area contributed by atoms with Gasteiger partial charge in [-0.05, 0) is 17.7 Å². The smallest absolute Gasteiger partial charge is 0.203 e. The number of benzene rings is 2. The number of phenols is 1. The van der Waals surface area contributed by atoms with Gasteiger partial charge in [0.15, 0.2) is 23.0 Å². The van der Waals surface area contributed by atoms with Gasteiger partial charge in [0.25, 0.3) is 0 Å². The van der Waals surface area contributed by atoms with E-state index in [2.05, 4.69) is 0 Å². The lowest BCUT2D eigenvalue weighted by molar-refractivity contribution is -0.928. The van der Waals surface area contributed by atoms with E-state index < -0.39 is 4.65 Å². The standard InChI is InChI=1S/C21H25NO6/c1-25-17-6-5-12-9-16-14-10-18(26-2)21(28-4)19(23)13(14)7-8-22(16,24)11-15(12)20(17)27-3/h5-6,10,16,23H,7-9,11H2,1-4H3. The molecule has 2 aliphatic heterocycles. The van der Waals surface area contributed by atoms with Crippen LogP contribution in [-0.2, 0) is 19.4 Å². The largest absolute Gasteiger partial charge is 0.632 e. The van der Waals surface area contributed by atoms with E-state index in [9.17, 15) is 10.3 Å². The van der Waals surface area contributed by atoms with Crippen molar-refractivity contribution in [1.29, 1.82) is 0 Å². The molecule has 0 amide bonds. The first kappa shape index (κ1) is 18.7. The fourth-order valence-corrected chi connectivity index (χ4v) is 4.64. The molecule has 7 nitrogen and oxygen atoms in total. The highest BCUT2D eigenvalue weighted by molar-refractivity contribution is 5.60. The lowest BCUT2D eigenvalue weighted by Gasteiger charge is -2.54. The van der Waals surface area contributed by atoms with Crippen LogP contribution in [0.15, 0.2) is 18.2 Å². The van der Waals surface area contributed by atoms with Crippen LogP contribution in [0.2, 0.25) is 0 Å². The molecular formula is C21H25NO6. The molecule has 0 saturated carbocycles. The van der Waals surface area contributed by atoms with Crippen molar-refractivity contribution in [2.24, 2.45) is 0 Å². The monoisotopic (exact) mass is 387 g/mol. The van der Waals surface area contributed by atoms with Gasteiger partial charge in [-0.3, -0.25) is 0 Å². The van der Waals surface area contributed by atoms with Crippen molar-refractivity contribution in [3.8, 4) is 28.7 Å². The van der Waals surface area contributed by atoms with Crippen molar-refractivity contribution in [3.63, 3.8) is 0 Å². The molecule has 1 N–H and O–H groups in total. The average Bonchev–Trinajstić information content (AvgIpc) is 2.70. The Kier molecular flexibility index (Phi) is 4.51. The van der Waals surface area contributed by atoms with E-state index in [1.807, 2.05) is 18.2 Å². The Morgan fingerprint density at radius 1 is 0.964 bits per heavy atom. The van der Waals surface area contributed by atoms with Crippen LogP contribution in [0.4, 0.5) is 0 Å². The second kappa shape index (κ2) is 6.76. The number of hydroxylamine groups is 3. The van der Waals surface area contributed by atoms with Gasteiger partial charge in [0.1, 0.15) is 12.6 Å². The van der Waals surface area contributed by atoms with Crippen LogP contribution in [0.3, 0.4) is 0 Å². The normalized spacial score (nSPS) is 22.5. The van der Waals surface area contributed by atoms with Crippen molar-refractivity contribution in [1.82, 2.24) is 0 Å². The van der Waals surface area contributed by atoms with E-state index in [0.29, 0.717) is 48.9 Å². The van der Waals surface area contributed by atoms with Crippen LogP contribution < -0.4 is 18.9 Å². The fourth-order valence-electron chi connectivity index (χ4n) is 4.64. The number of methoxy groups -OCH3 is 4. The van der Waals surface area contributed by atoms with E-state index in [0.717, 1.165) is 22.3 Å². The number of aromatic hydroxyl groups is 1. The van der Waals surface area contributed by atoms with Crippen molar-refractivity contribution in [3.05, 3.63) is 45.7 Å². The van der Waals surface area contributed by atoms with E-state index in [1.54, 1.807) is 14.2 Å². The topological polar surface area (TPSA) is 80.2 Å². The summed E-state index contributed by atoms with van der Waals surface area (Å²) in [6.45, 7) is 0.676. The molecule has 7 heteroatoms. The summed E-state index contributed by atoms with van der Waals surface area (Å²) in [5.41, 5.74) is 3.57. The molecule has 4 rings (SSSR count). The Hall–Kier alpha value is -2.64. The minimum atomic E-state index is -0.390. The third-order valence-corrected chi connectivity index (χ3v) is 6.04. The SMILES string of the molecule is COc1cc2c(c(O)c1OC)CC[N+]1([O-])Cc3c(ccc(OC)c3OC)CC21. The molecule has 0 fully saturated rings. The predicted octanol–water partition coefficient (Wildman–Crippen LogP) is 3.09. The van der Waals surface area contributed by atoms with Crippen LogP contribution >= 0.6 is 0 Å². The van der Waals surface area contributed by atoms with Crippen molar-refractivity contribution < 1.29 is 28.7 Å². The summed E-state index contributed by atoms with van der Waals surface area (Å²) in [7, 11) is 6.22. The van der Waals surface area contributed by atoms with Gasteiger partial charge in [0, 0.05) is 24.0 Å². The number of rotatable bonds is 4. The summed E-state index contributed by atoms with van der Waals surface area (Å²) in [6.07, 6.45) is 1.03. The van der Waals surface area contributed by atoms with Crippen molar-refractivity contribution in [2.45, 2.75) is 25.4 Å². The van der Waals surface area contributed by atoms with Crippen LogP contribution in [0.1, 0.15) is 28.3 Å². The molecule has 0 radical (unpaired) electrons. The Bertz CT molecular complexity index is 928. The van der Waals surface area contributed by atoms with Gasteiger partial charge >= 0.3 is 0 Å². The molecule has 2 atom stereocenters. The lowest BCUT2D eigenvalue weighted by Crippen LogP contribution is -2.52. The molecule has 2 aromatic rings. The van der Waals surface area contributed by atoms with Crippen molar-refractivity contribution in [2.75, 3.05) is 35.0 Å². The summed E-state index contributed by atoms with van der Waals surface area (Å²) < 4.78 is 21.3. The van der Waals surface area contributed by atoms with Gasteiger partial charge in [-0.2, -0.15) is 0 Å². The Morgan fingerprint density at radius 2 is 1.68 bits per heavy atom. The molecule has 2 aromatic carbocycles. The van der Waals surface area contributed by atoms with Crippen molar-refractivity contribution >= 4 is 0 Å². The zero-order chi connectivity index (χ0) is 20.1. The lowest BCUT2D eigenvalue weighted by atomic mass is 9.82. The third kappa shape index (κ3) is 2.57. The molecule has 0 aliphatic carbocycles. The maximum absolute atomic E-state index is 13.9. The maximum Gasteiger partial charge on any atom is 0.203 e. The Balaban J connectivity index is 1.86. The van der Waals surface area contributed by atoms with E-state index in [-0.39, 0.29) is 11.8 Å². The Morgan fingerprint density at radius 3 is 2.32 bits per heavy atom. The second-order valence-corrected chi connectivity index (χ2v) is 7.27. The van der Waals surface area contributed by atoms with Crippen LogP contribution in [0, 0.1) is 5.21 Å². The molecule has 0 saturated heterocycles. The first-order valence-electron chi connectivity index (χ1n) is 9.24. The number of hydrogen-bond acceptors (Lipinski definition) is 6. The zero-order valence-electron chi connectivity index (χ0n) is 16.6. The minimum Gasteiger partial charge on any atom is -0.632 e. The molecule has 0 bridgehead atoms. The predicted molar refractivity (Wildman–Crippen MR) is 103 cm³/mol. The number of fused-ring (bicyclic) bond motifs is 4. The molecule has 150 valence electrons. The number of hydrogen-bond donors (Lipinski definition) is 1. The summed E-state index contributed by atoms with van der Waals surface area (Å²) >= 11 is 0. The zero-order valence-corrected chi connectivity index (χ0v) is 16.6. The van der Waals surface area contributed by atoms with Gasteiger partial charge in [-0.15, -0.1) is 0 Å². The Labute approximate surface area is 164 Å². The van der Waals surface area contributed by atoms with Gasteiger partial charge in [-0.1, -0.05) is 6.07 Å². The number of phenolic OH excluding ortho intramolecular Hbond substituents is 1. The highest BCUT2D eigenvalue weighted by Gasteiger charge is 2.43. The highest BCUT2D eigenvalue weighted by Crippen LogP contribution is 2.52. The van der Waals surface area contributed by atoms with E-state index in [1.165, 1.54) is 14.2 Å². The molecule has 2 unspecified atom stereocenters. The maximum atomic E-state index is 13.9. The molecule has 2 heterocycles. The number of ether oxygens (including phenoxy) is 4. The summed E-state index contributed by atoms with van der Waals surface area (Å²) in [5, 5.41) is 24.6. The van der Waals surface area contributed by atoms with Gasteiger partial charge in [-0.25, -0.2) is 0 Å². The minimum absolute atomic E-state index is 0.0706. The first-order valence-corrected chi connectivity index (χ1v) is 9.24. The molecule has 2 aliphatic rings. The number of nitrogens with zero attached hydrogens (tertiary/aromatic N) is 1. The molecular weight excluding hydrogens is 362 g/mol. The van der Waals surface area contributed by atoms with E-state index in [4.69, 9.17) is 18.9 Å². The molecule has 28 heavy (non-hydrogen) atoms. The molecule has 0 spiro atoms. The van der Waals surface area contributed by atoms with Crippen LogP contribution in [0.25, 0.3) is 0 Å². The number of quaternary nitrogens is 1. The summed E-state index contributed by atoms with van der Waals surface area (Å²) in [4.78, 5) is 0. The van der Waals surface area contributed by atoms with Crippen LogP contribution in [0.5, 0.6) is 28.7 Å². The first-order chi connectivity index (χ1) is 13.5. The van der Waals surface area contributed by atoms with E-state index >= 15 is 0 Å². The highest BCUT2D eigenvalue weighted by atomic mass is 16.6. The fraction of sp³-hybridized carbons (Fsp3) is 0.429. The third-order valence-electron chi connectivity index (χ3n) is 6.04. The van der Waals surface area contributed by atoms with Gasteiger partial charge < -0.3 is 33.9 Å².